The molecule has 1 fully saturated rings. The maximum Gasteiger partial charge on any atom is 0.264 e. The Hall–Kier alpha value is -3.43. The minimum atomic E-state index is -0.457. The van der Waals surface area contributed by atoms with Gasteiger partial charge in [0.25, 0.3) is 11.8 Å². The third-order valence-corrected chi connectivity index (χ3v) is 6.99. The van der Waals surface area contributed by atoms with Crippen LogP contribution in [0.4, 0.5) is 0 Å². The van der Waals surface area contributed by atoms with Crippen molar-refractivity contribution in [2.24, 2.45) is 7.05 Å². The maximum absolute atomic E-state index is 12.8. The van der Waals surface area contributed by atoms with E-state index in [4.69, 9.17) is 4.74 Å². The molecule has 0 bridgehead atoms. The van der Waals surface area contributed by atoms with Crippen LogP contribution >= 0.6 is 11.3 Å². The smallest absolute Gasteiger partial charge is 0.264 e. The zero-order valence-electron chi connectivity index (χ0n) is 18.6. The number of thiophene rings is 1. The number of ether oxygens (including phenoxy) is 1. The van der Waals surface area contributed by atoms with Gasteiger partial charge in [0.15, 0.2) is 0 Å². The summed E-state index contributed by atoms with van der Waals surface area (Å²) in [5.74, 6) is 1.10. The predicted molar refractivity (Wildman–Crippen MR) is 127 cm³/mol. The molecular weight excluding hydrogens is 440 g/mol. The molecule has 1 saturated heterocycles. The van der Waals surface area contributed by atoms with Crippen molar-refractivity contribution in [3.8, 4) is 11.5 Å². The van der Waals surface area contributed by atoms with Crippen LogP contribution in [-0.2, 0) is 7.05 Å². The molecule has 4 aromatic rings. The molecule has 8 nitrogen and oxygen atoms in total. The molecule has 1 atom stereocenters. The van der Waals surface area contributed by atoms with Gasteiger partial charge in [0.05, 0.1) is 32.3 Å². The van der Waals surface area contributed by atoms with Crippen molar-refractivity contribution >= 4 is 44.3 Å². The third-order valence-electron chi connectivity index (χ3n) is 5.86. The molecule has 0 unspecified atom stereocenters. The number of carbonyl (C=O) groups is 2. The molecule has 33 heavy (non-hydrogen) atoms. The van der Waals surface area contributed by atoms with Crippen LogP contribution in [0.5, 0.6) is 11.5 Å². The fourth-order valence-electron chi connectivity index (χ4n) is 4.15. The molecule has 5 rings (SSSR count). The summed E-state index contributed by atoms with van der Waals surface area (Å²) >= 11 is 1.34. The summed E-state index contributed by atoms with van der Waals surface area (Å²) in [6.07, 6.45) is 3.63. The summed E-state index contributed by atoms with van der Waals surface area (Å²) in [6.45, 7) is 0.916. The van der Waals surface area contributed by atoms with Crippen LogP contribution in [0.15, 0.2) is 42.7 Å². The van der Waals surface area contributed by atoms with Gasteiger partial charge in [0.2, 0.25) is 0 Å². The molecule has 0 spiro atoms. The number of aromatic nitrogens is 2. The van der Waals surface area contributed by atoms with Crippen molar-refractivity contribution < 1.29 is 19.4 Å². The summed E-state index contributed by atoms with van der Waals surface area (Å²) < 4.78 is 8.90. The Labute approximate surface area is 194 Å². The molecule has 1 aliphatic rings. The zero-order chi connectivity index (χ0) is 23.3. The van der Waals surface area contributed by atoms with E-state index in [1.165, 1.54) is 11.3 Å². The summed E-state index contributed by atoms with van der Waals surface area (Å²) in [6, 6.07) is 9.19. The van der Waals surface area contributed by atoms with Crippen LogP contribution in [0.1, 0.15) is 26.5 Å². The standard InChI is InChI=1S/C24H24N4O4S/c1-26(2)23(30)17-13-27(3)19-10-15(4-5-16(17)19)32-20-6-8-25-18-11-21(33-22(18)20)24(31)28-9-7-14(29)12-28/h4-6,8,10-11,13-14,29H,7,9,12H2,1-3H3/t14-/m1/s1. The van der Waals surface area contributed by atoms with E-state index in [1.807, 2.05) is 36.0 Å². The van der Waals surface area contributed by atoms with Gasteiger partial charge in [-0.3, -0.25) is 14.6 Å². The van der Waals surface area contributed by atoms with Gasteiger partial charge in [-0.2, -0.15) is 0 Å². The van der Waals surface area contributed by atoms with Crippen molar-refractivity contribution in [3.63, 3.8) is 0 Å². The van der Waals surface area contributed by atoms with E-state index in [2.05, 4.69) is 4.98 Å². The Bertz CT molecular complexity index is 1390. The molecule has 0 radical (unpaired) electrons. The fourth-order valence-corrected chi connectivity index (χ4v) is 5.18. The molecule has 0 saturated carbocycles. The van der Waals surface area contributed by atoms with Crippen molar-refractivity contribution in [2.45, 2.75) is 12.5 Å². The first-order valence-corrected chi connectivity index (χ1v) is 11.5. The molecular formula is C24H24N4O4S. The van der Waals surface area contributed by atoms with E-state index in [0.717, 1.165) is 15.6 Å². The Balaban J connectivity index is 1.46. The normalized spacial score (nSPS) is 16.0. The van der Waals surface area contributed by atoms with Crippen molar-refractivity contribution in [3.05, 3.63) is 53.2 Å². The fraction of sp³-hybridized carbons (Fsp3) is 0.292. The molecule has 9 heteroatoms. The number of carbonyl (C=O) groups excluding carboxylic acids is 2. The Morgan fingerprint density at radius 1 is 1.24 bits per heavy atom. The SMILES string of the molecule is CN(C)C(=O)c1cn(C)c2cc(Oc3ccnc4cc(C(=O)N5CC[C@@H](O)C5)sc34)ccc12. The number of hydrogen-bond acceptors (Lipinski definition) is 6. The van der Waals surface area contributed by atoms with Gasteiger partial charge in [-0.1, -0.05) is 0 Å². The van der Waals surface area contributed by atoms with Gasteiger partial charge < -0.3 is 24.2 Å². The number of hydrogen-bond donors (Lipinski definition) is 1. The van der Waals surface area contributed by atoms with Crippen LogP contribution in [0.25, 0.3) is 21.1 Å². The average molecular weight is 465 g/mol. The van der Waals surface area contributed by atoms with Crippen LogP contribution in [-0.4, -0.2) is 69.6 Å². The van der Waals surface area contributed by atoms with Gasteiger partial charge in [-0.15, -0.1) is 11.3 Å². The minimum absolute atomic E-state index is 0.0496. The molecule has 1 N–H and O–H groups in total. The van der Waals surface area contributed by atoms with Gasteiger partial charge >= 0.3 is 0 Å². The van der Waals surface area contributed by atoms with Gasteiger partial charge in [0.1, 0.15) is 11.5 Å². The highest BCUT2D eigenvalue weighted by Crippen LogP contribution is 2.36. The van der Waals surface area contributed by atoms with Crippen LogP contribution < -0.4 is 4.74 Å². The number of aliphatic hydroxyl groups is 1. The summed E-state index contributed by atoms with van der Waals surface area (Å²) in [7, 11) is 5.37. The number of benzene rings is 1. The van der Waals surface area contributed by atoms with Gasteiger partial charge in [0, 0.05) is 64.1 Å². The lowest BCUT2D eigenvalue weighted by atomic mass is 10.1. The number of amides is 2. The van der Waals surface area contributed by atoms with E-state index in [-0.39, 0.29) is 11.8 Å². The van der Waals surface area contributed by atoms with E-state index in [1.54, 1.807) is 42.2 Å². The molecule has 1 aromatic carbocycles. The second-order valence-electron chi connectivity index (χ2n) is 8.46. The Morgan fingerprint density at radius 2 is 2.06 bits per heavy atom. The van der Waals surface area contributed by atoms with E-state index in [9.17, 15) is 14.7 Å². The largest absolute Gasteiger partial charge is 0.456 e. The predicted octanol–water partition coefficient (Wildman–Crippen LogP) is 3.49. The lowest BCUT2D eigenvalue weighted by molar-refractivity contribution is 0.0769. The van der Waals surface area contributed by atoms with Crippen molar-refractivity contribution in [1.29, 1.82) is 0 Å². The zero-order valence-corrected chi connectivity index (χ0v) is 19.4. The second kappa shape index (κ2) is 8.17. The molecule has 3 aromatic heterocycles. The number of aryl methyl sites for hydroxylation is 1. The van der Waals surface area contributed by atoms with Crippen LogP contribution in [0.2, 0.25) is 0 Å². The first-order valence-electron chi connectivity index (χ1n) is 10.7. The number of likely N-dealkylation sites (tertiary alicyclic amines) is 1. The highest BCUT2D eigenvalue weighted by Gasteiger charge is 2.27. The van der Waals surface area contributed by atoms with Crippen molar-refractivity contribution in [1.82, 2.24) is 19.4 Å². The number of aliphatic hydroxyl groups excluding tert-OH is 1. The van der Waals surface area contributed by atoms with Crippen molar-refractivity contribution in [2.75, 3.05) is 27.2 Å². The highest BCUT2D eigenvalue weighted by atomic mass is 32.1. The quantitative estimate of drug-likeness (QED) is 0.500. The lowest BCUT2D eigenvalue weighted by Gasteiger charge is -2.13. The monoisotopic (exact) mass is 464 g/mol. The number of nitrogens with zero attached hydrogens (tertiary/aromatic N) is 4. The molecule has 2 amide bonds. The number of β-amino-alcohol motifs (C(OH)–C–C–N with tert-alkyl or cyclic N) is 1. The average Bonchev–Trinajstić information content (AvgIpc) is 3.50. The second-order valence-corrected chi connectivity index (χ2v) is 9.51. The molecule has 170 valence electrons. The molecule has 4 heterocycles. The van der Waals surface area contributed by atoms with Gasteiger partial charge in [-0.25, -0.2) is 0 Å². The lowest BCUT2D eigenvalue weighted by Crippen LogP contribution is -2.28. The topological polar surface area (TPSA) is 87.9 Å². The summed E-state index contributed by atoms with van der Waals surface area (Å²) in [5.41, 5.74) is 2.22. The van der Waals surface area contributed by atoms with E-state index >= 15 is 0 Å². The van der Waals surface area contributed by atoms with Crippen LogP contribution in [0, 0.1) is 0 Å². The van der Waals surface area contributed by atoms with Crippen LogP contribution in [0.3, 0.4) is 0 Å². The van der Waals surface area contributed by atoms with E-state index in [0.29, 0.717) is 47.0 Å². The number of fused-ring (bicyclic) bond motifs is 2. The molecule has 0 aliphatic carbocycles. The first kappa shape index (κ1) is 21.4. The first-order chi connectivity index (χ1) is 15.8. The van der Waals surface area contributed by atoms with Gasteiger partial charge in [-0.05, 0) is 24.6 Å². The Kier molecular flexibility index (Phi) is 5.30. The minimum Gasteiger partial charge on any atom is -0.456 e. The Morgan fingerprint density at radius 3 is 2.79 bits per heavy atom. The van der Waals surface area contributed by atoms with E-state index < -0.39 is 6.10 Å². The summed E-state index contributed by atoms with van der Waals surface area (Å²) in [4.78, 5) is 33.5. The third kappa shape index (κ3) is 3.83. The highest BCUT2D eigenvalue weighted by molar-refractivity contribution is 7.21. The summed E-state index contributed by atoms with van der Waals surface area (Å²) in [5, 5.41) is 10.6. The number of pyridine rings is 1. The number of rotatable bonds is 4. The molecule has 1 aliphatic heterocycles. The maximum atomic E-state index is 12.8.